The molecule has 0 aromatic heterocycles. The molecule has 1 rings (SSSR count). The van der Waals surface area contributed by atoms with Gasteiger partial charge in [-0.2, -0.15) is 26.3 Å². The minimum atomic E-state index is -4.85. The maximum Gasteiger partial charge on any atom is 0.416 e. The zero-order valence-corrected chi connectivity index (χ0v) is 8.21. The van der Waals surface area contributed by atoms with Crippen LogP contribution >= 0.6 is 0 Å². The molecular weight excluding hydrogens is 246 g/mol. The van der Waals surface area contributed by atoms with Crippen LogP contribution in [-0.2, 0) is 18.8 Å². The summed E-state index contributed by atoms with van der Waals surface area (Å²) in [5, 5.41) is 0. The van der Waals surface area contributed by atoms with Gasteiger partial charge in [-0.05, 0) is 30.2 Å². The molecule has 0 atom stereocenters. The molecule has 0 aliphatic rings. The minimum Gasteiger partial charge on any atom is -0.166 e. The van der Waals surface area contributed by atoms with Crippen LogP contribution < -0.4 is 0 Å². The maximum atomic E-state index is 12.3. The lowest BCUT2D eigenvalue weighted by Gasteiger charge is -2.13. The summed E-state index contributed by atoms with van der Waals surface area (Å²) in [7, 11) is 0. The molecule has 0 N–H and O–H groups in total. The van der Waals surface area contributed by atoms with Gasteiger partial charge in [0.25, 0.3) is 0 Å². The predicted molar refractivity (Wildman–Crippen MR) is 47.3 cm³/mol. The van der Waals surface area contributed by atoms with Crippen molar-refractivity contribution in [2.75, 3.05) is 0 Å². The first-order valence-corrected chi connectivity index (χ1v) is 4.32. The van der Waals surface area contributed by atoms with Crippen molar-refractivity contribution >= 4 is 0 Å². The highest BCUT2D eigenvalue weighted by atomic mass is 19.4. The molecule has 0 spiro atoms. The SMILES string of the molecule is [C]#CCc1cc(C(F)(F)F)cc(C(F)(F)F)c1. The van der Waals surface area contributed by atoms with Gasteiger partial charge in [0, 0.05) is 6.42 Å². The molecule has 0 aliphatic carbocycles. The Balaban J connectivity index is 3.35. The quantitative estimate of drug-likeness (QED) is 0.525. The van der Waals surface area contributed by atoms with Crippen LogP contribution in [0, 0.1) is 12.3 Å². The lowest BCUT2D eigenvalue weighted by molar-refractivity contribution is -0.143. The summed E-state index contributed by atoms with van der Waals surface area (Å²) >= 11 is 0. The summed E-state index contributed by atoms with van der Waals surface area (Å²) < 4.78 is 74.1. The third-order valence-corrected chi connectivity index (χ3v) is 1.94. The van der Waals surface area contributed by atoms with E-state index < -0.39 is 29.9 Å². The second kappa shape index (κ2) is 4.32. The normalized spacial score (nSPS) is 12.3. The van der Waals surface area contributed by atoms with Crippen molar-refractivity contribution in [1.29, 1.82) is 0 Å². The summed E-state index contributed by atoms with van der Waals surface area (Å²) in [5.74, 6) is 1.76. The fourth-order valence-electron chi connectivity index (χ4n) is 1.22. The van der Waals surface area contributed by atoms with E-state index in [1.807, 2.05) is 0 Å². The fourth-order valence-corrected chi connectivity index (χ4v) is 1.22. The number of rotatable bonds is 1. The Hall–Kier alpha value is -1.64. The van der Waals surface area contributed by atoms with Crippen LogP contribution in [0.4, 0.5) is 26.3 Å². The van der Waals surface area contributed by atoms with Gasteiger partial charge >= 0.3 is 12.4 Å². The molecule has 0 nitrogen and oxygen atoms in total. The van der Waals surface area contributed by atoms with Crippen LogP contribution in [0.2, 0.25) is 0 Å². The Bertz CT molecular complexity index is 414. The van der Waals surface area contributed by atoms with Crippen LogP contribution in [0.15, 0.2) is 18.2 Å². The average molecular weight is 251 g/mol. The lowest BCUT2D eigenvalue weighted by Crippen LogP contribution is -2.11. The Labute approximate surface area is 93.2 Å². The first kappa shape index (κ1) is 13.4. The third-order valence-electron chi connectivity index (χ3n) is 1.94. The second-order valence-corrected chi connectivity index (χ2v) is 3.27. The number of hydrogen-bond acceptors (Lipinski definition) is 0. The van der Waals surface area contributed by atoms with Crippen LogP contribution in [0.5, 0.6) is 0 Å². The topological polar surface area (TPSA) is 0 Å². The Kier molecular flexibility index (Phi) is 3.41. The van der Waals surface area contributed by atoms with Gasteiger partial charge in [0.2, 0.25) is 0 Å². The van der Waals surface area contributed by atoms with Crippen molar-refractivity contribution in [3.05, 3.63) is 41.3 Å². The molecule has 91 valence electrons. The highest BCUT2D eigenvalue weighted by molar-refractivity contribution is 5.34. The van der Waals surface area contributed by atoms with Gasteiger partial charge in [-0.15, -0.1) is 0 Å². The highest BCUT2D eigenvalue weighted by Crippen LogP contribution is 2.36. The largest absolute Gasteiger partial charge is 0.416 e. The molecule has 17 heavy (non-hydrogen) atoms. The molecule has 0 aliphatic heterocycles. The Morgan fingerprint density at radius 3 is 1.59 bits per heavy atom. The van der Waals surface area contributed by atoms with E-state index in [2.05, 4.69) is 0 Å². The van der Waals surface area contributed by atoms with E-state index in [1.54, 1.807) is 5.92 Å². The first-order valence-electron chi connectivity index (χ1n) is 4.32. The van der Waals surface area contributed by atoms with Crippen molar-refractivity contribution in [3.8, 4) is 5.92 Å². The summed E-state index contributed by atoms with van der Waals surface area (Å²) in [5.41, 5.74) is -3.00. The summed E-state index contributed by atoms with van der Waals surface area (Å²) in [6.07, 6.45) is -3.51. The summed E-state index contributed by atoms with van der Waals surface area (Å²) in [6.45, 7) is 0. The smallest absolute Gasteiger partial charge is 0.166 e. The van der Waals surface area contributed by atoms with Crippen LogP contribution in [0.25, 0.3) is 0 Å². The van der Waals surface area contributed by atoms with Gasteiger partial charge in [0.15, 0.2) is 0 Å². The molecule has 0 amide bonds. The Morgan fingerprint density at radius 2 is 1.29 bits per heavy atom. The van der Waals surface area contributed by atoms with E-state index >= 15 is 0 Å². The second-order valence-electron chi connectivity index (χ2n) is 3.27. The van der Waals surface area contributed by atoms with Crippen LogP contribution in [-0.4, -0.2) is 0 Å². The monoisotopic (exact) mass is 251 g/mol. The van der Waals surface area contributed by atoms with E-state index in [0.717, 1.165) is 0 Å². The van der Waals surface area contributed by atoms with Gasteiger partial charge in [0.1, 0.15) is 0 Å². The number of halogens is 6. The average Bonchev–Trinajstić information content (AvgIpc) is 2.15. The van der Waals surface area contributed by atoms with Gasteiger partial charge in [-0.25, -0.2) is 0 Å². The molecule has 0 heterocycles. The first-order chi connectivity index (χ1) is 7.64. The summed E-state index contributed by atoms with van der Waals surface area (Å²) in [6, 6.07) is 1.21. The van der Waals surface area contributed by atoms with E-state index in [1.165, 1.54) is 0 Å². The van der Waals surface area contributed by atoms with E-state index in [-0.39, 0.29) is 11.6 Å². The highest BCUT2D eigenvalue weighted by Gasteiger charge is 2.36. The molecule has 1 radical (unpaired) electrons. The van der Waals surface area contributed by atoms with Gasteiger partial charge in [0.05, 0.1) is 11.1 Å². The van der Waals surface area contributed by atoms with Crippen molar-refractivity contribution < 1.29 is 26.3 Å². The van der Waals surface area contributed by atoms with Gasteiger partial charge in [-0.1, -0.05) is 5.92 Å². The zero-order chi connectivity index (χ0) is 13.3. The van der Waals surface area contributed by atoms with E-state index in [0.29, 0.717) is 12.1 Å². The molecule has 0 saturated carbocycles. The van der Waals surface area contributed by atoms with E-state index in [4.69, 9.17) is 6.42 Å². The Morgan fingerprint density at radius 1 is 0.882 bits per heavy atom. The van der Waals surface area contributed by atoms with Crippen molar-refractivity contribution in [3.63, 3.8) is 0 Å². The van der Waals surface area contributed by atoms with Gasteiger partial charge in [-0.3, -0.25) is 0 Å². The molecular formula is C11H5F6. The zero-order valence-electron chi connectivity index (χ0n) is 8.21. The van der Waals surface area contributed by atoms with Crippen LogP contribution in [0.3, 0.4) is 0 Å². The number of hydrogen-bond donors (Lipinski definition) is 0. The maximum absolute atomic E-state index is 12.3. The molecule has 0 unspecified atom stereocenters. The number of benzene rings is 1. The molecule has 1 aromatic rings. The molecule has 0 saturated heterocycles. The summed E-state index contributed by atoms with van der Waals surface area (Å²) in [4.78, 5) is 0. The molecule has 0 fully saturated rings. The third kappa shape index (κ3) is 3.41. The van der Waals surface area contributed by atoms with E-state index in [9.17, 15) is 26.3 Å². The van der Waals surface area contributed by atoms with Crippen LogP contribution in [0.1, 0.15) is 16.7 Å². The van der Waals surface area contributed by atoms with Crippen molar-refractivity contribution in [2.24, 2.45) is 0 Å². The number of alkyl halides is 6. The minimum absolute atomic E-state index is 0.0491. The fraction of sp³-hybridized carbons (Fsp3) is 0.273. The molecule has 6 heteroatoms. The standard InChI is InChI=1S/C11H5F6/c1-2-3-7-4-8(10(12,13)14)6-9(5-7)11(15,16)17/h4-6H,3H2. The van der Waals surface area contributed by atoms with Gasteiger partial charge < -0.3 is 0 Å². The molecule has 0 bridgehead atoms. The van der Waals surface area contributed by atoms with Crippen molar-refractivity contribution in [2.45, 2.75) is 18.8 Å². The predicted octanol–water partition coefficient (Wildman–Crippen LogP) is 3.86. The van der Waals surface area contributed by atoms with Crippen molar-refractivity contribution in [1.82, 2.24) is 0 Å². The molecule has 1 aromatic carbocycles. The lowest BCUT2D eigenvalue weighted by atomic mass is 10.0.